The molecule has 0 aliphatic carbocycles. The largest absolute Gasteiger partial charge is 0.243 e. The van der Waals surface area contributed by atoms with Gasteiger partial charge in [0.15, 0.2) is 0 Å². The molecule has 1 heterocycles. The van der Waals surface area contributed by atoms with Crippen LogP contribution in [0, 0.1) is 12.8 Å². The summed E-state index contributed by atoms with van der Waals surface area (Å²) in [5.41, 5.74) is 3.19. The van der Waals surface area contributed by atoms with Gasteiger partial charge >= 0.3 is 0 Å². The van der Waals surface area contributed by atoms with Gasteiger partial charge in [0.25, 0.3) is 0 Å². The quantitative estimate of drug-likeness (QED) is 0.770. The molecule has 1 saturated heterocycles. The summed E-state index contributed by atoms with van der Waals surface area (Å²) in [7, 11) is -3.53. The Morgan fingerprint density at radius 3 is 2.32 bits per heavy atom. The molecule has 2 aromatic rings. The van der Waals surface area contributed by atoms with Gasteiger partial charge in [0.05, 0.1) is 4.90 Å². The van der Waals surface area contributed by atoms with E-state index >= 15 is 0 Å². The monoisotopic (exact) mass is 353 g/mol. The van der Waals surface area contributed by atoms with E-state index in [0.717, 1.165) is 16.7 Å². The molecule has 0 saturated carbocycles. The molecule has 1 aliphatic heterocycles. The Morgan fingerprint density at radius 2 is 1.72 bits per heavy atom. The minimum absolute atomic E-state index is 0.0143. The standard InChI is InChI=1S/C21H23NO2S/c1-4-21-17(3)22(15-19(21)14-18-8-6-5-7-9-18)25(23,24)20-12-10-16(2)11-13-20/h4-14,17,21H,1,15H2,2-3H3/b19-14+/t17-,21-/m1/s1. The Hall–Kier alpha value is -2.17. The van der Waals surface area contributed by atoms with Crippen LogP contribution in [0.25, 0.3) is 6.08 Å². The molecule has 0 bridgehead atoms. The average Bonchev–Trinajstić information content (AvgIpc) is 2.92. The van der Waals surface area contributed by atoms with Crippen molar-refractivity contribution in [3.8, 4) is 0 Å². The smallest absolute Gasteiger partial charge is 0.207 e. The molecule has 4 heteroatoms. The fraction of sp³-hybridized carbons (Fsp3) is 0.238. The maximum absolute atomic E-state index is 13.1. The zero-order chi connectivity index (χ0) is 18.0. The van der Waals surface area contributed by atoms with Crippen molar-refractivity contribution in [1.82, 2.24) is 4.31 Å². The minimum atomic E-state index is -3.53. The first kappa shape index (κ1) is 17.6. The molecule has 0 spiro atoms. The van der Waals surface area contributed by atoms with Crippen LogP contribution in [0.3, 0.4) is 0 Å². The molecule has 0 amide bonds. The fourth-order valence-corrected chi connectivity index (χ4v) is 4.96. The first-order chi connectivity index (χ1) is 11.9. The van der Waals surface area contributed by atoms with Gasteiger partial charge in [-0.3, -0.25) is 0 Å². The maximum Gasteiger partial charge on any atom is 0.243 e. The van der Waals surface area contributed by atoms with Gasteiger partial charge in [-0.05, 0) is 37.1 Å². The van der Waals surface area contributed by atoms with Crippen LogP contribution in [0.15, 0.2) is 77.7 Å². The maximum atomic E-state index is 13.1. The van der Waals surface area contributed by atoms with Gasteiger partial charge in [0, 0.05) is 18.5 Å². The number of sulfonamides is 1. The Morgan fingerprint density at radius 1 is 1.08 bits per heavy atom. The average molecular weight is 353 g/mol. The second kappa shape index (κ2) is 6.98. The van der Waals surface area contributed by atoms with Crippen molar-refractivity contribution in [3.05, 3.63) is 84.0 Å². The second-order valence-corrected chi connectivity index (χ2v) is 8.39. The second-order valence-electron chi connectivity index (χ2n) is 6.50. The van der Waals surface area contributed by atoms with Crippen LogP contribution in [0.2, 0.25) is 0 Å². The van der Waals surface area contributed by atoms with Gasteiger partial charge in [0.2, 0.25) is 10.0 Å². The third-order valence-corrected chi connectivity index (χ3v) is 6.72. The van der Waals surface area contributed by atoms with E-state index in [9.17, 15) is 8.42 Å². The summed E-state index contributed by atoms with van der Waals surface area (Å²) in [6, 6.07) is 16.8. The summed E-state index contributed by atoms with van der Waals surface area (Å²) in [5, 5.41) is 0. The highest BCUT2D eigenvalue weighted by Gasteiger charge is 2.40. The van der Waals surface area contributed by atoms with Crippen molar-refractivity contribution >= 4 is 16.1 Å². The summed E-state index contributed by atoms with van der Waals surface area (Å²) in [6.07, 6.45) is 3.93. The van der Waals surface area contributed by atoms with E-state index in [4.69, 9.17) is 0 Å². The van der Waals surface area contributed by atoms with E-state index in [1.54, 1.807) is 16.4 Å². The summed E-state index contributed by atoms with van der Waals surface area (Å²) in [5.74, 6) is 0.0143. The van der Waals surface area contributed by atoms with Crippen molar-refractivity contribution in [1.29, 1.82) is 0 Å². The first-order valence-corrected chi connectivity index (χ1v) is 9.84. The van der Waals surface area contributed by atoms with Gasteiger partial charge in [-0.25, -0.2) is 8.42 Å². The number of nitrogens with zero attached hydrogens (tertiary/aromatic N) is 1. The molecule has 2 atom stereocenters. The molecule has 0 unspecified atom stereocenters. The van der Waals surface area contributed by atoms with Crippen LogP contribution < -0.4 is 0 Å². The summed E-state index contributed by atoms with van der Waals surface area (Å²) in [4.78, 5) is 0.341. The van der Waals surface area contributed by atoms with E-state index in [1.807, 2.05) is 62.4 Å². The van der Waals surface area contributed by atoms with Crippen molar-refractivity contribution in [3.63, 3.8) is 0 Å². The Bertz CT molecular complexity index is 883. The highest BCUT2D eigenvalue weighted by atomic mass is 32.2. The minimum Gasteiger partial charge on any atom is -0.207 e. The third kappa shape index (κ3) is 3.46. The van der Waals surface area contributed by atoms with Crippen LogP contribution in [0.5, 0.6) is 0 Å². The van der Waals surface area contributed by atoms with Gasteiger partial charge in [-0.1, -0.05) is 60.2 Å². The molecular formula is C21H23NO2S. The molecule has 0 N–H and O–H groups in total. The van der Waals surface area contributed by atoms with Gasteiger partial charge in [-0.2, -0.15) is 4.31 Å². The zero-order valence-electron chi connectivity index (χ0n) is 14.6. The Kier molecular flexibility index (Phi) is 4.93. The molecule has 25 heavy (non-hydrogen) atoms. The lowest BCUT2D eigenvalue weighted by Crippen LogP contribution is -2.35. The number of hydrogen-bond acceptors (Lipinski definition) is 2. The Balaban J connectivity index is 1.97. The van der Waals surface area contributed by atoms with Crippen LogP contribution in [0.1, 0.15) is 18.1 Å². The van der Waals surface area contributed by atoms with E-state index < -0.39 is 10.0 Å². The van der Waals surface area contributed by atoms with Gasteiger partial charge < -0.3 is 0 Å². The van der Waals surface area contributed by atoms with Gasteiger partial charge in [-0.15, -0.1) is 6.58 Å². The topological polar surface area (TPSA) is 37.4 Å². The van der Waals surface area contributed by atoms with Crippen LogP contribution in [0.4, 0.5) is 0 Å². The molecular weight excluding hydrogens is 330 g/mol. The SMILES string of the molecule is C=C[C@H]1/C(=C/c2ccccc2)CN(S(=O)(=O)c2ccc(C)cc2)[C@@H]1C. The molecule has 3 rings (SSSR count). The third-order valence-electron chi connectivity index (χ3n) is 4.77. The van der Waals surface area contributed by atoms with Crippen molar-refractivity contribution < 1.29 is 8.42 Å². The summed E-state index contributed by atoms with van der Waals surface area (Å²) >= 11 is 0. The van der Waals surface area contributed by atoms with Crippen molar-refractivity contribution in [2.24, 2.45) is 5.92 Å². The van der Waals surface area contributed by atoms with Crippen LogP contribution in [-0.4, -0.2) is 25.3 Å². The Labute approximate surface area is 150 Å². The number of aryl methyl sites for hydroxylation is 1. The highest BCUT2D eigenvalue weighted by Crippen LogP contribution is 2.35. The lowest BCUT2D eigenvalue weighted by molar-refractivity contribution is 0.385. The van der Waals surface area contributed by atoms with Crippen LogP contribution >= 0.6 is 0 Å². The first-order valence-electron chi connectivity index (χ1n) is 8.40. The van der Waals surface area contributed by atoms with Gasteiger partial charge in [0.1, 0.15) is 0 Å². The van der Waals surface area contributed by atoms with E-state index in [0.29, 0.717) is 11.4 Å². The lowest BCUT2D eigenvalue weighted by Gasteiger charge is -2.22. The molecule has 1 aliphatic rings. The summed E-state index contributed by atoms with van der Waals surface area (Å²) in [6.45, 7) is 8.21. The predicted molar refractivity (Wildman–Crippen MR) is 103 cm³/mol. The number of benzene rings is 2. The normalized spacial score (nSPS) is 23.0. The van der Waals surface area contributed by atoms with Crippen molar-refractivity contribution in [2.75, 3.05) is 6.54 Å². The highest BCUT2D eigenvalue weighted by molar-refractivity contribution is 7.89. The molecule has 1 fully saturated rings. The van der Waals surface area contributed by atoms with E-state index in [1.165, 1.54) is 0 Å². The molecule has 0 radical (unpaired) electrons. The molecule has 2 aromatic carbocycles. The summed E-state index contributed by atoms with van der Waals surface area (Å²) < 4.78 is 27.7. The fourth-order valence-electron chi connectivity index (χ4n) is 3.32. The zero-order valence-corrected chi connectivity index (χ0v) is 15.4. The number of hydrogen-bond donors (Lipinski definition) is 0. The molecule has 130 valence electrons. The van der Waals surface area contributed by atoms with Crippen LogP contribution in [-0.2, 0) is 10.0 Å². The van der Waals surface area contributed by atoms with Crippen molar-refractivity contribution in [2.45, 2.75) is 24.8 Å². The molecule has 3 nitrogen and oxygen atoms in total. The number of rotatable bonds is 4. The lowest BCUT2D eigenvalue weighted by atomic mass is 9.95. The van der Waals surface area contributed by atoms with E-state index in [2.05, 4.69) is 12.7 Å². The molecule has 0 aromatic heterocycles. The predicted octanol–water partition coefficient (Wildman–Crippen LogP) is 4.27. The van der Waals surface area contributed by atoms with E-state index in [-0.39, 0.29) is 12.0 Å².